The van der Waals surface area contributed by atoms with Crippen molar-refractivity contribution < 1.29 is 19.1 Å². The summed E-state index contributed by atoms with van der Waals surface area (Å²) in [6.45, 7) is 5.48. The van der Waals surface area contributed by atoms with E-state index in [2.05, 4.69) is 15.3 Å². The average molecular weight is 413 g/mol. The number of rotatable bonds is 7. The predicted octanol–water partition coefficient (Wildman–Crippen LogP) is 2.76. The fourth-order valence-electron chi connectivity index (χ4n) is 3.43. The molecule has 0 bridgehead atoms. The van der Waals surface area contributed by atoms with E-state index in [9.17, 15) is 9.59 Å². The van der Waals surface area contributed by atoms with Crippen molar-refractivity contribution in [2.45, 2.75) is 26.7 Å². The van der Waals surface area contributed by atoms with Crippen LogP contribution < -0.4 is 16.0 Å². The van der Waals surface area contributed by atoms with Gasteiger partial charge in [0.25, 0.3) is 0 Å². The van der Waals surface area contributed by atoms with Crippen LogP contribution in [-0.4, -0.2) is 48.2 Å². The van der Waals surface area contributed by atoms with Crippen LogP contribution in [0.1, 0.15) is 37.0 Å². The van der Waals surface area contributed by atoms with Crippen LogP contribution in [0.3, 0.4) is 0 Å². The van der Waals surface area contributed by atoms with E-state index in [-0.39, 0.29) is 11.9 Å². The van der Waals surface area contributed by atoms with Crippen LogP contribution in [0.2, 0.25) is 0 Å². The molecule has 1 aromatic heterocycles. The number of aromatic nitrogens is 2. The SMILES string of the molecule is CCOC(=O)c1cccc(Nc2ncnc(N3CCCC(C(=O)OCC)C3)c2N)c1. The van der Waals surface area contributed by atoms with E-state index in [1.807, 2.05) is 11.0 Å². The van der Waals surface area contributed by atoms with Crippen LogP contribution >= 0.6 is 0 Å². The van der Waals surface area contributed by atoms with Crippen molar-refractivity contribution in [1.29, 1.82) is 0 Å². The molecule has 1 aliphatic heterocycles. The van der Waals surface area contributed by atoms with E-state index >= 15 is 0 Å². The van der Waals surface area contributed by atoms with Gasteiger partial charge in [-0.15, -0.1) is 0 Å². The Morgan fingerprint density at radius 1 is 1.23 bits per heavy atom. The number of benzene rings is 1. The molecule has 1 aromatic carbocycles. The second-order valence-corrected chi connectivity index (χ2v) is 6.92. The third kappa shape index (κ3) is 4.97. The minimum atomic E-state index is -0.393. The van der Waals surface area contributed by atoms with Gasteiger partial charge in [-0.1, -0.05) is 6.07 Å². The molecule has 2 aromatic rings. The fourth-order valence-corrected chi connectivity index (χ4v) is 3.43. The highest BCUT2D eigenvalue weighted by atomic mass is 16.5. The van der Waals surface area contributed by atoms with Crippen molar-refractivity contribution >= 4 is 34.9 Å². The lowest BCUT2D eigenvalue weighted by Crippen LogP contribution is -2.40. The molecule has 0 saturated carbocycles. The molecule has 2 heterocycles. The Bertz CT molecular complexity index is 905. The van der Waals surface area contributed by atoms with Gasteiger partial charge in [-0.25, -0.2) is 14.8 Å². The standard InChI is InChI=1S/C21H27N5O4/c1-3-29-20(27)14-7-5-9-16(11-14)25-18-17(22)19(24-13-23-18)26-10-6-8-15(12-26)21(28)30-4-2/h5,7,9,11,13,15H,3-4,6,8,10,12,22H2,1-2H3,(H,23,24,25). The maximum atomic E-state index is 12.1. The highest BCUT2D eigenvalue weighted by molar-refractivity contribution is 5.91. The summed E-state index contributed by atoms with van der Waals surface area (Å²) in [6.07, 6.45) is 3.06. The number of hydrogen-bond donors (Lipinski definition) is 2. The number of piperidine rings is 1. The molecule has 1 unspecified atom stereocenters. The third-order valence-electron chi connectivity index (χ3n) is 4.84. The van der Waals surface area contributed by atoms with Crippen molar-refractivity contribution in [2.75, 3.05) is 42.3 Å². The minimum Gasteiger partial charge on any atom is -0.466 e. The number of carbonyl (C=O) groups is 2. The molecule has 160 valence electrons. The minimum absolute atomic E-state index is 0.191. The second-order valence-electron chi connectivity index (χ2n) is 6.92. The topological polar surface area (TPSA) is 120 Å². The van der Waals surface area contributed by atoms with Crippen LogP contribution in [0.25, 0.3) is 0 Å². The largest absolute Gasteiger partial charge is 0.466 e. The number of nitrogens with two attached hydrogens (primary N) is 1. The Morgan fingerprint density at radius 2 is 2.03 bits per heavy atom. The molecule has 1 aliphatic rings. The van der Waals surface area contributed by atoms with Gasteiger partial charge in [0.2, 0.25) is 0 Å². The van der Waals surface area contributed by atoms with Crippen LogP contribution in [0, 0.1) is 5.92 Å². The first-order chi connectivity index (χ1) is 14.5. The van der Waals surface area contributed by atoms with Crippen LogP contribution in [0.15, 0.2) is 30.6 Å². The summed E-state index contributed by atoms with van der Waals surface area (Å²) < 4.78 is 10.2. The van der Waals surface area contributed by atoms with Crippen molar-refractivity contribution in [3.05, 3.63) is 36.2 Å². The smallest absolute Gasteiger partial charge is 0.338 e. The molecular formula is C21H27N5O4. The van der Waals surface area contributed by atoms with Gasteiger partial charge >= 0.3 is 11.9 Å². The number of nitrogens with zero attached hydrogens (tertiary/aromatic N) is 3. The lowest BCUT2D eigenvalue weighted by Gasteiger charge is -2.33. The van der Waals surface area contributed by atoms with Gasteiger partial charge in [-0.3, -0.25) is 4.79 Å². The third-order valence-corrected chi connectivity index (χ3v) is 4.84. The quantitative estimate of drug-likeness (QED) is 0.660. The second kappa shape index (κ2) is 9.91. The van der Waals surface area contributed by atoms with E-state index in [0.29, 0.717) is 48.3 Å². The van der Waals surface area contributed by atoms with Crippen molar-refractivity contribution in [2.24, 2.45) is 5.92 Å². The molecule has 0 amide bonds. The van der Waals surface area contributed by atoms with Crippen molar-refractivity contribution in [1.82, 2.24) is 9.97 Å². The normalized spacial score (nSPS) is 16.1. The van der Waals surface area contributed by atoms with Crippen molar-refractivity contribution in [3.8, 4) is 0 Å². The van der Waals surface area contributed by atoms with Crippen LogP contribution in [-0.2, 0) is 14.3 Å². The van der Waals surface area contributed by atoms with Crippen LogP contribution in [0.4, 0.5) is 23.0 Å². The number of nitrogens with one attached hydrogen (secondary N) is 1. The highest BCUT2D eigenvalue weighted by Crippen LogP contribution is 2.31. The Hall–Kier alpha value is -3.36. The first kappa shape index (κ1) is 21.4. The maximum Gasteiger partial charge on any atom is 0.338 e. The summed E-state index contributed by atoms with van der Waals surface area (Å²) in [5, 5.41) is 3.14. The predicted molar refractivity (Wildman–Crippen MR) is 114 cm³/mol. The number of esters is 2. The summed E-state index contributed by atoms with van der Waals surface area (Å²) >= 11 is 0. The molecule has 9 nitrogen and oxygen atoms in total. The average Bonchev–Trinajstić information content (AvgIpc) is 2.76. The lowest BCUT2D eigenvalue weighted by molar-refractivity contribution is -0.148. The van der Waals surface area contributed by atoms with Crippen LogP contribution in [0.5, 0.6) is 0 Å². The summed E-state index contributed by atoms with van der Waals surface area (Å²) in [5.41, 5.74) is 7.82. The molecule has 0 aliphatic carbocycles. The Labute approximate surface area is 175 Å². The zero-order valence-electron chi connectivity index (χ0n) is 17.3. The van der Waals surface area contributed by atoms with Gasteiger partial charge in [-0.05, 0) is 44.9 Å². The lowest BCUT2D eigenvalue weighted by atomic mass is 9.98. The fraction of sp³-hybridized carbons (Fsp3) is 0.429. The zero-order valence-corrected chi connectivity index (χ0v) is 17.3. The van der Waals surface area contributed by atoms with Crippen molar-refractivity contribution in [3.63, 3.8) is 0 Å². The number of nitrogen functional groups attached to an aromatic ring is 1. The molecule has 3 N–H and O–H groups in total. The van der Waals surface area contributed by atoms with Gasteiger partial charge < -0.3 is 25.4 Å². The number of carbonyl (C=O) groups excluding carboxylic acids is 2. The Morgan fingerprint density at radius 3 is 2.80 bits per heavy atom. The molecule has 1 atom stereocenters. The van der Waals surface area contributed by atoms with E-state index < -0.39 is 5.97 Å². The summed E-state index contributed by atoms with van der Waals surface area (Å²) in [4.78, 5) is 34.7. The number of hydrogen-bond acceptors (Lipinski definition) is 9. The number of anilines is 4. The highest BCUT2D eigenvalue weighted by Gasteiger charge is 2.29. The molecule has 9 heteroatoms. The Balaban J connectivity index is 1.78. The van der Waals surface area contributed by atoms with Gasteiger partial charge in [-0.2, -0.15) is 0 Å². The molecule has 1 fully saturated rings. The van der Waals surface area contributed by atoms with Gasteiger partial charge in [0.15, 0.2) is 11.6 Å². The summed E-state index contributed by atoms with van der Waals surface area (Å²) in [6, 6.07) is 6.92. The van der Waals surface area contributed by atoms with E-state index in [0.717, 1.165) is 19.4 Å². The molecule has 0 spiro atoms. The molecular weight excluding hydrogens is 386 g/mol. The number of ether oxygens (including phenoxy) is 2. The van der Waals surface area contributed by atoms with Gasteiger partial charge in [0, 0.05) is 18.8 Å². The molecule has 30 heavy (non-hydrogen) atoms. The maximum absolute atomic E-state index is 12.1. The molecule has 0 radical (unpaired) electrons. The first-order valence-corrected chi connectivity index (χ1v) is 10.1. The van der Waals surface area contributed by atoms with E-state index in [1.165, 1.54) is 6.33 Å². The zero-order chi connectivity index (χ0) is 21.5. The summed E-state index contributed by atoms with van der Waals surface area (Å²) in [5.74, 6) is 0.216. The molecule has 1 saturated heterocycles. The molecule has 3 rings (SSSR count). The first-order valence-electron chi connectivity index (χ1n) is 10.1. The monoisotopic (exact) mass is 413 g/mol. The Kier molecular flexibility index (Phi) is 7.05. The van der Waals surface area contributed by atoms with E-state index in [4.69, 9.17) is 15.2 Å². The summed E-state index contributed by atoms with van der Waals surface area (Å²) in [7, 11) is 0. The van der Waals surface area contributed by atoms with E-state index in [1.54, 1.807) is 32.0 Å². The van der Waals surface area contributed by atoms with Gasteiger partial charge in [0.05, 0.1) is 24.7 Å². The van der Waals surface area contributed by atoms with Gasteiger partial charge in [0.1, 0.15) is 12.0 Å².